The monoisotopic (exact) mass is 275 g/mol. The summed E-state index contributed by atoms with van der Waals surface area (Å²) in [6, 6.07) is 5.39. The molecule has 0 unspecified atom stereocenters. The van der Waals surface area contributed by atoms with Gasteiger partial charge in [-0.3, -0.25) is 0 Å². The van der Waals surface area contributed by atoms with Crippen LogP contribution in [-0.4, -0.2) is 0 Å². The normalized spacial score (nSPS) is 10.5. The quantitative estimate of drug-likeness (QED) is 0.622. The van der Waals surface area contributed by atoms with Gasteiger partial charge in [0.2, 0.25) is 0 Å². The van der Waals surface area contributed by atoms with Gasteiger partial charge in [-0.1, -0.05) is 11.6 Å². The summed E-state index contributed by atoms with van der Waals surface area (Å²) in [6.45, 7) is 0. The minimum absolute atomic E-state index is 0.164. The molecule has 2 rings (SSSR count). The van der Waals surface area contributed by atoms with Crippen LogP contribution in [0, 0.1) is 23.3 Å². The Kier molecular flexibility index (Phi) is 3.43. The Balaban J connectivity index is 2.34. The third kappa shape index (κ3) is 2.41. The molecule has 0 aromatic heterocycles. The molecule has 2 aromatic rings. The highest BCUT2D eigenvalue weighted by molar-refractivity contribution is 6.31. The Morgan fingerprint density at radius 1 is 0.833 bits per heavy atom. The first-order valence-electron chi connectivity index (χ1n) is 4.84. The molecule has 0 aliphatic carbocycles. The molecular weight excluding hydrogens is 270 g/mol. The molecule has 0 amide bonds. The number of benzene rings is 2. The molecule has 0 spiro atoms. The van der Waals surface area contributed by atoms with Crippen LogP contribution < -0.4 is 5.32 Å². The summed E-state index contributed by atoms with van der Waals surface area (Å²) in [6.07, 6.45) is 0. The van der Waals surface area contributed by atoms with E-state index in [1.54, 1.807) is 0 Å². The van der Waals surface area contributed by atoms with Gasteiger partial charge in [-0.25, -0.2) is 17.6 Å². The Hall–Kier alpha value is -1.75. The molecule has 0 radical (unpaired) electrons. The summed E-state index contributed by atoms with van der Waals surface area (Å²) in [5.41, 5.74) is -0.0112. The highest BCUT2D eigenvalue weighted by Crippen LogP contribution is 2.26. The third-order valence-corrected chi connectivity index (χ3v) is 2.52. The van der Waals surface area contributed by atoms with Gasteiger partial charge < -0.3 is 5.32 Å². The Morgan fingerprint density at radius 2 is 1.50 bits per heavy atom. The number of hydrogen-bond donors (Lipinski definition) is 1. The molecule has 6 heteroatoms. The van der Waals surface area contributed by atoms with Gasteiger partial charge in [-0.05, 0) is 30.3 Å². The molecule has 18 heavy (non-hydrogen) atoms. The second-order valence-electron chi connectivity index (χ2n) is 3.48. The van der Waals surface area contributed by atoms with Gasteiger partial charge in [-0.2, -0.15) is 0 Å². The van der Waals surface area contributed by atoms with Gasteiger partial charge in [0.1, 0.15) is 5.82 Å². The molecular formula is C12H6ClF4N. The predicted octanol–water partition coefficient (Wildman–Crippen LogP) is 4.64. The molecule has 0 aliphatic rings. The van der Waals surface area contributed by atoms with Crippen molar-refractivity contribution in [2.75, 3.05) is 5.32 Å². The van der Waals surface area contributed by atoms with Crippen molar-refractivity contribution in [2.24, 2.45) is 0 Å². The molecule has 0 saturated heterocycles. The van der Waals surface area contributed by atoms with Crippen LogP contribution in [0.5, 0.6) is 0 Å². The van der Waals surface area contributed by atoms with Gasteiger partial charge in [0.15, 0.2) is 17.5 Å². The summed E-state index contributed by atoms with van der Waals surface area (Å²) in [5.74, 6) is -4.84. The predicted molar refractivity (Wildman–Crippen MR) is 61.0 cm³/mol. The maximum absolute atomic E-state index is 13.3. The fourth-order valence-electron chi connectivity index (χ4n) is 1.35. The van der Waals surface area contributed by atoms with E-state index < -0.39 is 23.3 Å². The Bertz CT molecular complexity index is 601. The minimum Gasteiger partial charge on any atom is -0.353 e. The van der Waals surface area contributed by atoms with E-state index in [2.05, 4.69) is 5.32 Å². The lowest BCUT2D eigenvalue weighted by molar-refractivity contribution is 0.449. The zero-order valence-electron chi connectivity index (χ0n) is 8.78. The number of halogens is 5. The summed E-state index contributed by atoms with van der Waals surface area (Å²) < 4.78 is 51.9. The van der Waals surface area contributed by atoms with E-state index in [9.17, 15) is 17.6 Å². The summed E-state index contributed by atoms with van der Waals surface area (Å²) in [7, 11) is 0. The molecule has 94 valence electrons. The van der Waals surface area contributed by atoms with Gasteiger partial charge >= 0.3 is 0 Å². The number of nitrogens with one attached hydrogen (secondary N) is 1. The van der Waals surface area contributed by atoms with E-state index in [4.69, 9.17) is 11.6 Å². The molecule has 0 saturated carbocycles. The van der Waals surface area contributed by atoms with Crippen LogP contribution in [0.4, 0.5) is 28.9 Å². The largest absolute Gasteiger partial charge is 0.353 e. The third-order valence-electron chi connectivity index (χ3n) is 2.23. The Labute approximate surface area is 105 Å². The minimum atomic E-state index is -1.58. The standard InChI is InChI=1S/C12H6ClF4N/c13-7-5-6(1-2-8(7)14)18-10-4-3-9(15)11(16)12(10)17/h1-5,18H. The molecule has 1 nitrogen and oxygen atoms in total. The summed E-state index contributed by atoms with van der Waals surface area (Å²) >= 11 is 5.53. The van der Waals surface area contributed by atoms with E-state index in [0.29, 0.717) is 0 Å². The van der Waals surface area contributed by atoms with Crippen LogP contribution in [0.25, 0.3) is 0 Å². The van der Waals surface area contributed by atoms with Crippen molar-refractivity contribution in [1.29, 1.82) is 0 Å². The fourth-order valence-corrected chi connectivity index (χ4v) is 1.53. The average molecular weight is 276 g/mol. The maximum Gasteiger partial charge on any atom is 0.196 e. The highest BCUT2D eigenvalue weighted by Gasteiger charge is 2.13. The van der Waals surface area contributed by atoms with Crippen LogP contribution in [-0.2, 0) is 0 Å². The van der Waals surface area contributed by atoms with Crippen LogP contribution >= 0.6 is 11.6 Å². The van der Waals surface area contributed by atoms with Gasteiger partial charge in [-0.15, -0.1) is 0 Å². The van der Waals surface area contributed by atoms with Crippen LogP contribution in [0.3, 0.4) is 0 Å². The summed E-state index contributed by atoms with van der Waals surface area (Å²) in [5, 5.41) is 2.31. The molecule has 0 aliphatic heterocycles. The molecule has 0 bridgehead atoms. The van der Waals surface area contributed by atoms with E-state index >= 15 is 0 Å². The smallest absolute Gasteiger partial charge is 0.196 e. The number of anilines is 2. The van der Waals surface area contributed by atoms with E-state index in [1.165, 1.54) is 12.1 Å². The lowest BCUT2D eigenvalue weighted by Crippen LogP contribution is -1.98. The lowest BCUT2D eigenvalue weighted by Gasteiger charge is -2.08. The average Bonchev–Trinajstić information content (AvgIpc) is 2.34. The van der Waals surface area contributed by atoms with Crippen molar-refractivity contribution in [3.63, 3.8) is 0 Å². The zero-order valence-corrected chi connectivity index (χ0v) is 9.53. The van der Waals surface area contributed by atoms with Crippen molar-refractivity contribution in [1.82, 2.24) is 0 Å². The first kappa shape index (κ1) is 12.7. The number of hydrogen-bond acceptors (Lipinski definition) is 1. The second kappa shape index (κ2) is 4.86. The molecule has 0 atom stereocenters. The van der Waals surface area contributed by atoms with Crippen molar-refractivity contribution >= 4 is 23.0 Å². The topological polar surface area (TPSA) is 12.0 Å². The lowest BCUT2D eigenvalue weighted by atomic mass is 10.2. The van der Waals surface area contributed by atoms with Crippen molar-refractivity contribution in [3.05, 3.63) is 58.6 Å². The van der Waals surface area contributed by atoms with Gasteiger partial charge in [0.25, 0.3) is 0 Å². The van der Waals surface area contributed by atoms with Gasteiger partial charge in [0.05, 0.1) is 10.7 Å². The molecule has 2 aromatic carbocycles. The SMILES string of the molecule is Fc1ccc(Nc2ccc(F)c(F)c2F)cc1Cl. The second-order valence-corrected chi connectivity index (χ2v) is 3.88. The van der Waals surface area contributed by atoms with Crippen LogP contribution in [0.1, 0.15) is 0 Å². The highest BCUT2D eigenvalue weighted by atomic mass is 35.5. The van der Waals surface area contributed by atoms with E-state index in [1.807, 2.05) is 0 Å². The van der Waals surface area contributed by atoms with E-state index in [0.717, 1.165) is 18.2 Å². The fraction of sp³-hybridized carbons (Fsp3) is 0. The van der Waals surface area contributed by atoms with Gasteiger partial charge in [0, 0.05) is 5.69 Å². The van der Waals surface area contributed by atoms with E-state index in [-0.39, 0.29) is 16.4 Å². The van der Waals surface area contributed by atoms with Crippen molar-refractivity contribution in [2.45, 2.75) is 0 Å². The maximum atomic E-state index is 13.3. The summed E-state index contributed by atoms with van der Waals surface area (Å²) in [4.78, 5) is 0. The first-order valence-corrected chi connectivity index (χ1v) is 5.22. The Morgan fingerprint density at radius 3 is 2.17 bits per heavy atom. The zero-order chi connectivity index (χ0) is 13.3. The van der Waals surface area contributed by atoms with Crippen LogP contribution in [0.15, 0.2) is 30.3 Å². The van der Waals surface area contributed by atoms with Crippen molar-refractivity contribution in [3.8, 4) is 0 Å². The van der Waals surface area contributed by atoms with Crippen LogP contribution in [0.2, 0.25) is 5.02 Å². The number of rotatable bonds is 2. The van der Waals surface area contributed by atoms with Crippen molar-refractivity contribution < 1.29 is 17.6 Å². The first-order chi connectivity index (χ1) is 8.49. The molecule has 0 heterocycles. The molecule has 1 N–H and O–H groups in total. The molecule has 0 fully saturated rings.